The fourth-order valence-corrected chi connectivity index (χ4v) is 4.70. The molecule has 3 rings (SSSR count). The number of hydrogen-bond acceptors (Lipinski definition) is 3. The Morgan fingerprint density at radius 1 is 1.21 bits per heavy atom. The summed E-state index contributed by atoms with van der Waals surface area (Å²) in [5, 5.41) is 3.13. The number of piperidine rings is 1. The number of benzene rings is 2. The minimum absolute atomic E-state index is 0.0286. The first-order valence-electron chi connectivity index (χ1n) is 10.3. The average molecular weight is 397 g/mol. The molecule has 0 unspecified atom stereocenters. The van der Waals surface area contributed by atoms with Gasteiger partial charge in [0.05, 0.1) is 11.8 Å². The Labute approximate surface area is 173 Å². The SMILES string of the molecule is Cc1ccccc1CSCC(=O)N[C@@H](C)c1ccc(N2CCC[C@@H](C)C2)cc1. The highest BCUT2D eigenvalue weighted by Gasteiger charge is 2.17. The molecule has 4 heteroatoms. The maximum Gasteiger partial charge on any atom is 0.230 e. The van der Waals surface area contributed by atoms with Gasteiger partial charge in [-0.3, -0.25) is 4.79 Å². The lowest BCUT2D eigenvalue weighted by atomic mass is 9.99. The van der Waals surface area contributed by atoms with Gasteiger partial charge in [0.2, 0.25) is 5.91 Å². The smallest absolute Gasteiger partial charge is 0.230 e. The minimum atomic E-state index is 0.0286. The van der Waals surface area contributed by atoms with Gasteiger partial charge >= 0.3 is 0 Å². The van der Waals surface area contributed by atoms with Crippen LogP contribution < -0.4 is 10.2 Å². The molecule has 2 atom stereocenters. The molecule has 3 nitrogen and oxygen atoms in total. The Morgan fingerprint density at radius 2 is 1.96 bits per heavy atom. The zero-order chi connectivity index (χ0) is 19.9. The van der Waals surface area contributed by atoms with Crippen molar-refractivity contribution >= 4 is 23.4 Å². The van der Waals surface area contributed by atoms with Crippen molar-refractivity contribution in [3.05, 3.63) is 65.2 Å². The molecular weight excluding hydrogens is 364 g/mol. The van der Waals surface area contributed by atoms with E-state index in [0.29, 0.717) is 5.75 Å². The van der Waals surface area contributed by atoms with Gasteiger partial charge in [0, 0.05) is 24.5 Å². The highest BCUT2D eigenvalue weighted by Crippen LogP contribution is 2.24. The normalized spacial score (nSPS) is 18.0. The molecule has 2 aromatic carbocycles. The highest BCUT2D eigenvalue weighted by molar-refractivity contribution is 7.99. The van der Waals surface area contributed by atoms with Gasteiger partial charge in [-0.15, -0.1) is 11.8 Å². The zero-order valence-electron chi connectivity index (χ0n) is 17.3. The average Bonchev–Trinajstić information content (AvgIpc) is 2.69. The standard InChI is InChI=1S/C24H32N2OS/c1-18-7-6-14-26(15-18)23-12-10-21(11-13-23)20(3)25-24(27)17-28-16-22-9-5-4-8-19(22)2/h4-5,8-13,18,20H,6-7,14-17H2,1-3H3,(H,25,27)/t18-,20+/m1/s1. The molecule has 1 N–H and O–H groups in total. The Balaban J connectivity index is 1.46. The Hall–Kier alpha value is -1.94. The van der Waals surface area contributed by atoms with Crippen LogP contribution in [0.5, 0.6) is 0 Å². The van der Waals surface area contributed by atoms with Gasteiger partial charge in [-0.05, 0) is 61.4 Å². The summed E-state index contributed by atoms with van der Waals surface area (Å²) in [6.07, 6.45) is 2.61. The van der Waals surface area contributed by atoms with Gasteiger partial charge in [0.25, 0.3) is 0 Å². The monoisotopic (exact) mass is 396 g/mol. The number of nitrogens with one attached hydrogen (secondary N) is 1. The maximum absolute atomic E-state index is 12.3. The molecule has 1 amide bonds. The Bertz CT molecular complexity index is 774. The maximum atomic E-state index is 12.3. The summed E-state index contributed by atoms with van der Waals surface area (Å²) < 4.78 is 0. The van der Waals surface area contributed by atoms with Crippen molar-refractivity contribution in [2.75, 3.05) is 23.7 Å². The van der Waals surface area contributed by atoms with Crippen molar-refractivity contribution in [2.24, 2.45) is 5.92 Å². The summed E-state index contributed by atoms with van der Waals surface area (Å²) in [6.45, 7) is 8.79. The summed E-state index contributed by atoms with van der Waals surface area (Å²) in [6, 6.07) is 17.1. The van der Waals surface area contributed by atoms with Crippen LogP contribution in [-0.4, -0.2) is 24.7 Å². The van der Waals surface area contributed by atoms with Crippen LogP contribution in [0.2, 0.25) is 0 Å². The van der Waals surface area contributed by atoms with E-state index < -0.39 is 0 Å². The fourth-order valence-electron chi connectivity index (χ4n) is 3.79. The van der Waals surface area contributed by atoms with Gasteiger partial charge in [0.15, 0.2) is 0 Å². The molecule has 2 aromatic rings. The van der Waals surface area contributed by atoms with Crippen LogP contribution in [0.25, 0.3) is 0 Å². The molecule has 150 valence electrons. The van der Waals surface area contributed by atoms with Gasteiger partial charge in [-0.2, -0.15) is 0 Å². The van der Waals surface area contributed by atoms with E-state index in [2.05, 4.69) is 79.5 Å². The predicted molar refractivity (Wildman–Crippen MR) is 121 cm³/mol. The molecule has 0 aromatic heterocycles. The Morgan fingerprint density at radius 3 is 2.68 bits per heavy atom. The molecule has 0 saturated carbocycles. The number of carbonyl (C=O) groups excluding carboxylic acids is 1. The largest absolute Gasteiger partial charge is 0.371 e. The Kier molecular flexibility index (Phi) is 7.43. The summed E-state index contributed by atoms with van der Waals surface area (Å²) >= 11 is 1.67. The number of anilines is 1. The van der Waals surface area contributed by atoms with Crippen LogP contribution in [0.3, 0.4) is 0 Å². The van der Waals surface area contributed by atoms with E-state index in [1.807, 2.05) is 0 Å². The van der Waals surface area contributed by atoms with E-state index in [1.165, 1.54) is 29.7 Å². The minimum Gasteiger partial charge on any atom is -0.371 e. The van der Waals surface area contributed by atoms with Crippen molar-refractivity contribution in [2.45, 2.75) is 45.4 Å². The number of thioether (sulfide) groups is 1. The van der Waals surface area contributed by atoms with E-state index in [1.54, 1.807) is 11.8 Å². The van der Waals surface area contributed by atoms with Crippen LogP contribution in [-0.2, 0) is 10.5 Å². The third kappa shape index (κ3) is 5.78. The number of rotatable bonds is 7. The molecule has 1 aliphatic rings. The topological polar surface area (TPSA) is 32.3 Å². The second-order valence-electron chi connectivity index (χ2n) is 7.99. The van der Waals surface area contributed by atoms with E-state index in [4.69, 9.17) is 0 Å². The number of carbonyl (C=O) groups is 1. The van der Waals surface area contributed by atoms with Crippen molar-refractivity contribution in [1.29, 1.82) is 0 Å². The molecule has 0 spiro atoms. The number of hydrogen-bond donors (Lipinski definition) is 1. The second kappa shape index (κ2) is 10.0. The third-order valence-electron chi connectivity index (χ3n) is 5.54. The summed E-state index contributed by atoms with van der Waals surface area (Å²) in [7, 11) is 0. The zero-order valence-corrected chi connectivity index (χ0v) is 18.1. The molecular formula is C24H32N2OS. The number of amides is 1. The third-order valence-corrected chi connectivity index (χ3v) is 6.53. The molecule has 1 fully saturated rings. The molecule has 1 saturated heterocycles. The molecule has 28 heavy (non-hydrogen) atoms. The first kappa shape index (κ1) is 20.8. The summed E-state index contributed by atoms with van der Waals surface area (Å²) in [5.74, 6) is 2.23. The van der Waals surface area contributed by atoms with Crippen LogP contribution >= 0.6 is 11.8 Å². The van der Waals surface area contributed by atoms with E-state index in [9.17, 15) is 4.79 Å². The lowest BCUT2D eigenvalue weighted by Gasteiger charge is -2.33. The van der Waals surface area contributed by atoms with Crippen LogP contribution in [0.1, 0.15) is 49.4 Å². The molecule has 0 bridgehead atoms. The molecule has 1 heterocycles. The summed E-state index contributed by atoms with van der Waals surface area (Å²) in [4.78, 5) is 14.8. The first-order chi connectivity index (χ1) is 13.5. The van der Waals surface area contributed by atoms with Gasteiger partial charge in [-0.25, -0.2) is 0 Å². The number of aryl methyl sites for hydroxylation is 1. The van der Waals surface area contributed by atoms with Crippen molar-refractivity contribution in [3.63, 3.8) is 0 Å². The van der Waals surface area contributed by atoms with E-state index in [0.717, 1.165) is 30.3 Å². The molecule has 0 aliphatic carbocycles. The lowest BCUT2D eigenvalue weighted by molar-refractivity contribution is -0.119. The quantitative estimate of drug-likeness (QED) is 0.685. The van der Waals surface area contributed by atoms with Crippen LogP contribution in [0, 0.1) is 12.8 Å². The lowest BCUT2D eigenvalue weighted by Crippen LogP contribution is -2.34. The van der Waals surface area contributed by atoms with Crippen LogP contribution in [0.4, 0.5) is 5.69 Å². The van der Waals surface area contributed by atoms with Crippen molar-refractivity contribution in [3.8, 4) is 0 Å². The predicted octanol–water partition coefficient (Wildman–Crippen LogP) is 5.34. The van der Waals surface area contributed by atoms with E-state index >= 15 is 0 Å². The van der Waals surface area contributed by atoms with Gasteiger partial charge < -0.3 is 10.2 Å². The second-order valence-corrected chi connectivity index (χ2v) is 8.98. The van der Waals surface area contributed by atoms with E-state index in [-0.39, 0.29) is 11.9 Å². The van der Waals surface area contributed by atoms with Crippen LogP contribution in [0.15, 0.2) is 48.5 Å². The molecule has 1 aliphatic heterocycles. The highest BCUT2D eigenvalue weighted by atomic mass is 32.2. The van der Waals surface area contributed by atoms with Gasteiger partial charge in [0.1, 0.15) is 0 Å². The number of nitrogens with zero attached hydrogens (tertiary/aromatic N) is 1. The van der Waals surface area contributed by atoms with Gasteiger partial charge in [-0.1, -0.05) is 43.3 Å². The van der Waals surface area contributed by atoms with Crippen molar-refractivity contribution in [1.82, 2.24) is 5.32 Å². The fraction of sp³-hybridized carbons (Fsp3) is 0.458. The van der Waals surface area contributed by atoms with Crippen molar-refractivity contribution < 1.29 is 4.79 Å². The summed E-state index contributed by atoms with van der Waals surface area (Å²) in [5.41, 5.74) is 5.04. The first-order valence-corrected chi connectivity index (χ1v) is 11.4. The molecule has 0 radical (unpaired) electrons.